The molecule has 0 radical (unpaired) electrons. The fourth-order valence-electron chi connectivity index (χ4n) is 1.65. The Morgan fingerprint density at radius 3 is 2.47 bits per heavy atom. The van der Waals surface area contributed by atoms with Crippen molar-refractivity contribution in [1.82, 2.24) is 0 Å². The summed E-state index contributed by atoms with van der Waals surface area (Å²) in [6.45, 7) is -0.288. The number of sulfone groups is 1. The molecule has 1 aliphatic carbocycles. The van der Waals surface area contributed by atoms with Crippen LogP contribution in [0.15, 0.2) is 35.2 Å². The summed E-state index contributed by atoms with van der Waals surface area (Å²) < 4.78 is 24.0. The van der Waals surface area contributed by atoms with Crippen LogP contribution in [0, 0.1) is 0 Å². The standard InChI is InChI=1S/C10H13NO3S/c11-10(7-12)6-9(10)15(13,14)8-4-2-1-3-5-8/h1-5,9,12H,6-7,11H2/t9-,10+/m1/s1. The first-order valence-electron chi connectivity index (χ1n) is 4.69. The first kappa shape index (κ1) is 10.6. The van der Waals surface area contributed by atoms with E-state index in [1.165, 1.54) is 0 Å². The average molecular weight is 227 g/mol. The number of aliphatic hydroxyl groups is 1. The summed E-state index contributed by atoms with van der Waals surface area (Å²) in [5.41, 5.74) is 4.75. The van der Waals surface area contributed by atoms with Crippen LogP contribution in [-0.4, -0.2) is 30.9 Å². The molecule has 1 saturated carbocycles. The van der Waals surface area contributed by atoms with Gasteiger partial charge in [0.25, 0.3) is 0 Å². The van der Waals surface area contributed by atoms with Crippen molar-refractivity contribution in [3.8, 4) is 0 Å². The lowest BCUT2D eigenvalue weighted by molar-refractivity contribution is 0.257. The molecule has 5 heteroatoms. The van der Waals surface area contributed by atoms with Crippen molar-refractivity contribution in [3.05, 3.63) is 30.3 Å². The van der Waals surface area contributed by atoms with Crippen molar-refractivity contribution >= 4 is 9.84 Å². The maximum atomic E-state index is 12.0. The lowest BCUT2D eigenvalue weighted by Gasteiger charge is -2.08. The number of hydrogen-bond donors (Lipinski definition) is 2. The smallest absolute Gasteiger partial charge is 0.183 e. The topological polar surface area (TPSA) is 80.4 Å². The highest BCUT2D eigenvalue weighted by atomic mass is 32.2. The van der Waals surface area contributed by atoms with Gasteiger partial charge in [0, 0.05) is 0 Å². The largest absolute Gasteiger partial charge is 0.394 e. The third kappa shape index (κ3) is 1.67. The molecule has 82 valence electrons. The molecule has 3 N–H and O–H groups in total. The zero-order valence-corrected chi connectivity index (χ0v) is 8.94. The summed E-state index contributed by atoms with van der Waals surface area (Å²) in [6.07, 6.45) is 0.334. The van der Waals surface area contributed by atoms with Crippen molar-refractivity contribution in [3.63, 3.8) is 0 Å². The third-order valence-corrected chi connectivity index (χ3v) is 5.10. The lowest BCUT2D eigenvalue weighted by Crippen LogP contribution is -2.34. The molecule has 0 spiro atoms. The van der Waals surface area contributed by atoms with Gasteiger partial charge in [0.1, 0.15) is 0 Å². The Labute approximate surface area is 88.6 Å². The van der Waals surface area contributed by atoms with Gasteiger partial charge in [-0.2, -0.15) is 0 Å². The van der Waals surface area contributed by atoms with Gasteiger partial charge in [-0.3, -0.25) is 0 Å². The monoisotopic (exact) mass is 227 g/mol. The molecule has 0 heterocycles. The van der Waals surface area contributed by atoms with Crippen LogP contribution in [0.25, 0.3) is 0 Å². The van der Waals surface area contributed by atoms with E-state index in [9.17, 15) is 8.42 Å². The van der Waals surface area contributed by atoms with Crippen molar-refractivity contribution in [2.24, 2.45) is 5.73 Å². The molecule has 1 aromatic carbocycles. The van der Waals surface area contributed by atoms with Gasteiger partial charge in [-0.25, -0.2) is 8.42 Å². The van der Waals surface area contributed by atoms with E-state index in [1.54, 1.807) is 30.3 Å². The van der Waals surface area contributed by atoms with E-state index in [4.69, 9.17) is 10.8 Å². The van der Waals surface area contributed by atoms with Gasteiger partial charge in [0.15, 0.2) is 9.84 Å². The lowest BCUT2D eigenvalue weighted by atomic mass is 10.3. The SMILES string of the molecule is N[C@]1(CO)C[C@H]1S(=O)(=O)c1ccccc1. The van der Waals surface area contributed by atoms with Crippen LogP contribution < -0.4 is 5.73 Å². The summed E-state index contributed by atoms with van der Waals surface area (Å²) in [5, 5.41) is 8.32. The minimum Gasteiger partial charge on any atom is -0.394 e. The van der Waals surface area contributed by atoms with Crippen molar-refractivity contribution in [1.29, 1.82) is 0 Å². The van der Waals surface area contributed by atoms with Crippen LogP contribution in [0.5, 0.6) is 0 Å². The van der Waals surface area contributed by atoms with Crippen LogP contribution in [0.2, 0.25) is 0 Å². The second-order valence-corrected chi connectivity index (χ2v) is 6.07. The molecule has 2 rings (SSSR count). The molecule has 0 aromatic heterocycles. The fraction of sp³-hybridized carbons (Fsp3) is 0.400. The third-order valence-electron chi connectivity index (χ3n) is 2.79. The molecule has 15 heavy (non-hydrogen) atoms. The summed E-state index contributed by atoms with van der Waals surface area (Å²) in [7, 11) is -3.37. The average Bonchev–Trinajstić information content (AvgIpc) is 2.94. The highest BCUT2D eigenvalue weighted by Gasteiger charge is 2.58. The Hall–Kier alpha value is -0.910. The van der Waals surface area contributed by atoms with E-state index in [0.717, 1.165) is 0 Å². The first-order chi connectivity index (χ1) is 7.00. The number of aliphatic hydroxyl groups excluding tert-OH is 1. The normalized spacial score (nSPS) is 30.1. The molecular weight excluding hydrogens is 214 g/mol. The number of nitrogens with two attached hydrogens (primary N) is 1. The van der Waals surface area contributed by atoms with E-state index in [2.05, 4.69) is 0 Å². The predicted octanol–water partition coefficient (Wildman–Crippen LogP) is -0.0776. The molecule has 0 bridgehead atoms. The van der Waals surface area contributed by atoms with Crippen molar-refractivity contribution in [2.75, 3.05) is 6.61 Å². The molecule has 1 aliphatic rings. The molecule has 4 nitrogen and oxygen atoms in total. The molecule has 1 aromatic rings. The predicted molar refractivity (Wildman–Crippen MR) is 56.0 cm³/mol. The molecule has 0 amide bonds. The van der Waals surface area contributed by atoms with Crippen molar-refractivity contribution in [2.45, 2.75) is 22.1 Å². The summed E-state index contributed by atoms with van der Waals surface area (Å²) >= 11 is 0. The van der Waals surface area contributed by atoms with E-state index in [1.807, 2.05) is 0 Å². The van der Waals surface area contributed by atoms with Crippen LogP contribution in [0.3, 0.4) is 0 Å². The van der Waals surface area contributed by atoms with Gasteiger partial charge in [-0.15, -0.1) is 0 Å². The molecule has 0 saturated heterocycles. The highest BCUT2D eigenvalue weighted by molar-refractivity contribution is 7.92. The van der Waals surface area contributed by atoms with Gasteiger partial charge in [0.05, 0.1) is 22.3 Å². The molecule has 1 fully saturated rings. The van der Waals surface area contributed by atoms with Gasteiger partial charge >= 0.3 is 0 Å². The van der Waals surface area contributed by atoms with Gasteiger partial charge in [0.2, 0.25) is 0 Å². The van der Waals surface area contributed by atoms with E-state index < -0.39 is 20.6 Å². The van der Waals surface area contributed by atoms with Crippen LogP contribution in [0.4, 0.5) is 0 Å². The first-order valence-corrected chi connectivity index (χ1v) is 6.24. The van der Waals surface area contributed by atoms with Gasteiger partial charge in [-0.05, 0) is 18.6 Å². The minimum atomic E-state index is -3.37. The Morgan fingerprint density at radius 1 is 1.40 bits per heavy atom. The Kier molecular flexibility index (Phi) is 2.33. The number of rotatable bonds is 3. The quantitative estimate of drug-likeness (QED) is 0.757. The highest BCUT2D eigenvalue weighted by Crippen LogP contribution is 2.41. The zero-order valence-electron chi connectivity index (χ0n) is 8.13. The number of benzene rings is 1. The summed E-state index contributed by atoms with van der Waals surface area (Å²) in [4.78, 5) is 0.274. The number of hydrogen-bond acceptors (Lipinski definition) is 4. The van der Waals surface area contributed by atoms with Crippen LogP contribution in [0.1, 0.15) is 6.42 Å². The molecule has 2 atom stereocenters. The van der Waals surface area contributed by atoms with E-state index >= 15 is 0 Å². The van der Waals surface area contributed by atoms with Crippen molar-refractivity contribution < 1.29 is 13.5 Å². The van der Waals surface area contributed by atoms with E-state index in [0.29, 0.717) is 6.42 Å². The van der Waals surface area contributed by atoms with Gasteiger partial charge < -0.3 is 10.8 Å². The Bertz CT molecular complexity index is 457. The molecular formula is C10H13NO3S. The Morgan fingerprint density at radius 2 is 2.00 bits per heavy atom. The zero-order chi connectivity index (χ0) is 11.1. The second-order valence-electron chi connectivity index (χ2n) is 3.94. The van der Waals surface area contributed by atoms with Crippen LogP contribution >= 0.6 is 0 Å². The fourth-order valence-corrected chi connectivity index (χ4v) is 3.73. The summed E-state index contributed by atoms with van der Waals surface area (Å²) in [6, 6.07) is 8.20. The van der Waals surface area contributed by atoms with Gasteiger partial charge in [-0.1, -0.05) is 18.2 Å². The maximum absolute atomic E-state index is 12.0. The Balaban J connectivity index is 2.32. The molecule has 0 unspecified atom stereocenters. The summed E-state index contributed by atoms with van der Waals surface area (Å²) in [5.74, 6) is 0. The minimum absolute atomic E-state index is 0.274. The maximum Gasteiger partial charge on any atom is 0.183 e. The second kappa shape index (κ2) is 3.30. The molecule has 0 aliphatic heterocycles. The van der Waals surface area contributed by atoms with Crippen LogP contribution in [-0.2, 0) is 9.84 Å². The van der Waals surface area contributed by atoms with E-state index in [-0.39, 0.29) is 11.5 Å².